The molecular weight excluding hydrogens is 781 g/mol. The van der Waals surface area contributed by atoms with Crippen LogP contribution in [0.2, 0.25) is 0 Å². The van der Waals surface area contributed by atoms with E-state index < -0.39 is 31.0 Å². The second kappa shape index (κ2) is 16.2. The van der Waals surface area contributed by atoms with Gasteiger partial charge in [-0.05, 0) is 109 Å². The fourth-order valence-electron chi connectivity index (χ4n) is 6.24. The number of carbonyl (C=O) groups is 2. The van der Waals surface area contributed by atoms with E-state index in [0.29, 0.717) is 17.8 Å². The van der Waals surface area contributed by atoms with Crippen LogP contribution < -0.4 is 10.6 Å². The number of aldehydes is 1. The number of nitrogens with zero attached hydrogens (tertiary/aromatic N) is 2. The van der Waals surface area contributed by atoms with Gasteiger partial charge in [0.05, 0.1) is 27.6 Å². The number of hydrogen-bond acceptors (Lipinski definition) is 9. The number of imidazole rings is 2. The van der Waals surface area contributed by atoms with E-state index in [4.69, 9.17) is 14.5 Å². The molecule has 8 rings (SSSR count). The Balaban J connectivity index is 0.000000368. The number of carbonyl (C=O) groups excluding carboxylic acids is 2. The average molecular weight is 815 g/mol. The van der Waals surface area contributed by atoms with E-state index in [-0.39, 0.29) is 16.0 Å². The molecule has 1 amide bonds. The summed E-state index contributed by atoms with van der Waals surface area (Å²) in [5.74, 6) is 0.860. The van der Waals surface area contributed by atoms with E-state index in [0.717, 1.165) is 62.3 Å². The Morgan fingerprint density at radius 3 is 1.60 bits per heavy atom. The molecule has 8 aromatic rings. The summed E-state index contributed by atoms with van der Waals surface area (Å²) in [6.45, 7) is 0. The minimum Gasteiger partial charge on any atom is -0.388 e. The molecule has 2 heterocycles. The summed E-state index contributed by atoms with van der Waals surface area (Å²) < 4.78 is 62.6. The molecule has 0 unspecified atom stereocenters. The molecule has 58 heavy (non-hydrogen) atoms. The number of hydrogen-bond donors (Lipinski definition) is 6. The highest BCUT2D eigenvalue weighted by Gasteiger charge is 2.20. The Hall–Kier alpha value is -6.98. The van der Waals surface area contributed by atoms with Crippen LogP contribution in [0, 0.1) is 0 Å². The first-order valence-corrected chi connectivity index (χ1v) is 20.4. The zero-order chi connectivity index (χ0) is 41.0. The Kier molecular flexibility index (Phi) is 11.0. The van der Waals surface area contributed by atoms with Crippen molar-refractivity contribution >= 4 is 65.9 Å². The normalized spacial score (nSPS) is 11.5. The average Bonchev–Trinajstić information content (AvgIpc) is 3.85. The number of benzene rings is 6. The number of rotatable bonds is 10. The molecule has 0 aliphatic rings. The zero-order valence-corrected chi connectivity index (χ0v) is 32.2. The van der Waals surface area contributed by atoms with Crippen molar-refractivity contribution in [1.29, 1.82) is 0 Å². The lowest BCUT2D eigenvalue weighted by Gasteiger charge is -2.08. The standard InChI is InChI=1S/C35H28N6O4S.C7H6O4S/c1-36-25-12-8-23(9-13-25)33-38-28-16-6-21(19-30(28)40-33)18-22-7-17-29-31(20-22)41-34(39-29)24-10-14-26(15-11-24)37-35(42)27-4-2-3-5-32(27)46(43,44)45;8-5-6-3-1-2-4-7(6)12(9,10)11/h2-17,19-20,36H,18H2,1H3,(H,37,42)(H,38,40)(H,39,41)(H,43,44,45);1-5H,(H,9,10,11). The Morgan fingerprint density at radius 1 is 0.638 bits per heavy atom. The number of H-pyrrole nitrogens is 2. The molecule has 0 aliphatic carbocycles. The molecule has 292 valence electrons. The number of amides is 1. The van der Waals surface area contributed by atoms with Crippen LogP contribution in [0.4, 0.5) is 11.4 Å². The predicted octanol–water partition coefficient (Wildman–Crippen LogP) is 7.65. The Bertz CT molecular complexity index is 3040. The quantitative estimate of drug-likeness (QED) is 0.0581. The van der Waals surface area contributed by atoms with Crippen molar-refractivity contribution in [3.8, 4) is 22.8 Å². The second-order valence-electron chi connectivity index (χ2n) is 13.0. The van der Waals surface area contributed by atoms with Gasteiger partial charge in [-0.1, -0.05) is 42.5 Å². The van der Waals surface area contributed by atoms with Crippen LogP contribution in [0.3, 0.4) is 0 Å². The van der Waals surface area contributed by atoms with Crippen molar-refractivity contribution < 1.29 is 35.5 Å². The molecule has 14 nitrogen and oxygen atoms in total. The minimum absolute atomic E-state index is 0.0417. The molecule has 0 fully saturated rings. The molecule has 0 saturated heterocycles. The monoisotopic (exact) mass is 814 g/mol. The number of aromatic nitrogens is 4. The van der Waals surface area contributed by atoms with Crippen LogP contribution in [0.25, 0.3) is 44.8 Å². The topological polar surface area (TPSA) is 224 Å². The molecule has 16 heteroatoms. The van der Waals surface area contributed by atoms with Gasteiger partial charge in [0.2, 0.25) is 0 Å². The largest absolute Gasteiger partial charge is 0.388 e. The van der Waals surface area contributed by atoms with Gasteiger partial charge in [-0.2, -0.15) is 16.8 Å². The first-order chi connectivity index (χ1) is 27.8. The first kappa shape index (κ1) is 39.3. The fraction of sp³-hybridized carbons (Fsp3) is 0.0476. The van der Waals surface area contributed by atoms with Crippen LogP contribution in [0.5, 0.6) is 0 Å². The molecule has 0 saturated carbocycles. The van der Waals surface area contributed by atoms with E-state index in [2.05, 4.69) is 44.9 Å². The smallest absolute Gasteiger partial charge is 0.295 e. The van der Waals surface area contributed by atoms with Gasteiger partial charge in [0.1, 0.15) is 21.4 Å². The van der Waals surface area contributed by atoms with Crippen LogP contribution in [0.15, 0.2) is 143 Å². The second-order valence-corrected chi connectivity index (χ2v) is 15.8. The maximum Gasteiger partial charge on any atom is 0.295 e. The van der Waals surface area contributed by atoms with E-state index in [1.165, 1.54) is 48.5 Å². The van der Waals surface area contributed by atoms with Crippen LogP contribution >= 0.6 is 0 Å². The predicted molar refractivity (Wildman–Crippen MR) is 221 cm³/mol. The van der Waals surface area contributed by atoms with Crippen LogP contribution in [-0.2, 0) is 26.7 Å². The third-order valence-corrected chi connectivity index (χ3v) is 10.9. The molecule has 0 spiro atoms. The molecule has 0 aliphatic heterocycles. The lowest BCUT2D eigenvalue weighted by Crippen LogP contribution is -2.16. The summed E-state index contributed by atoms with van der Waals surface area (Å²) in [6, 6.07) is 38.5. The maximum absolute atomic E-state index is 12.7. The van der Waals surface area contributed by atoms with Gasteiger partial charge in [0, 0.05) is 35.1 Å². The molecule has 2 aromatic heterocycles. The highest BCUT2D eigenvalue weighted by Crippen LogP contribution is 2.27. The molecule has 0 atom stereocenters. The van der Waals surface area contributed by atoms with Crippen molar-refractivity contribution in [3.05, 3.63) is 156 Å². The van der Waals surface area contributed by atoms with Crippen LogP contribution in [-0.4, -0.2) is 65.1 Å². The fourth-order valence-corrected chi connectivity index (χ4v) is 7.59. The van der Waals surface area contributed by atoms with E-state index >= 15 is 0 Å². The van der Waals surface area contributed by atoms with Gasteiger partial charge in [-0.15, -0.1) is 0 Å². The summed E-state index contributed by atoms with van der Waals surface area (Å²) in [5.41, 5.74) is 9.09. The summed E-state index contributed by atoms with van der Waals surface area (Å²) in [6.07, 6.45) is 1.11. The van der Waals surface area contributed by atoms with E-state index in [1.54, 1.807) is 12.1 Å². The molecule has 6 N–H and O–H groups in total. The van der Waals surface area contributed by atoms with E-state index in [9.17, 15) is 31.0 Å². The van der Waals surface area contributed by atoms with Gasteiger partial charge < -0.3 is 20.6 Å². The lowest BCUT2D eigenvalue weighted by atomic mass is 10.0. The summed E-state index contributed by atoms with van der Waals surface area (Å²) in [5, 5.41) is 5.81. The summed E-state index contributed by atoms with van der Waals surface area (Å²) in [4.78, 5) is 38.6. The molecular formula is C42H34N6O8S2. The Labute approximate surface area is 332 Å². The number of nitrogens with one attached hydrogen (secondary N) is 4. The Morgan fingerprint density at radius 2 is 1.12 bits per heavy atom. The highest BCUT2D eigenvalue weighted by molar-refractivity contribution is 7.86. The van der Waals surface area contributed by atoms with Crippen LogP contribution in [0.1, 0.15) is 31.8 Å². The number of fused-ring (bicyclic) bond motifs is 2. The zero-order valence-electron chi connectivity index (χ0n) is 30.5. The van der Waals surface area contributed by atoms with Crippen molar-refractivity contribution in [2.75, 3.05) is 17.7 Å². The van der Waals surface area contributed by atoms with Crippen molar-refractivity contribution in [3.63, 3.8) is 0 Å². The maximum atomic E-state index is 12.7. The highest BCUT2D eigenvalue weighted by atomic mass is 32.2. The van der Waals surface area contributed by atoms with Gasteiger partial charge in [-0.3, -0.25) is 18.7 Å². The van der Waals surface area contributed by atoms with E-state index in [1.807, 2.05) is 55.6 Å². The summed E-state index contributed by atoms with van der Waals surface area (Å²) >= 11 is 0. The van der Waals surface area contributed by atoms with Crippen molar-refractivity contribution in [1.82, 2.24) is 19.9 Å². The number of aromatic amines is 2. The number of anilines is 2. The molecule has 6 aromatic carbocycles. The van der Waals surface area contributed by atoms with Crippen molar-refractivity contribution in [2.45, 2.75) is 16.2 Å². The van der Waals surface area contributed by atoms with Gasteiger partial charge in [0.15, 0.2) is 6.29 Å². The SMILES string of the molecule is CNc1ccc(-c2nc3ccc(Cc4ccc5nc(-c6ccc(NC(=O)c7ccccc7S(=O)(=O)O)cc6)[nH]c5c4)cc3[nH]2)cc1.O=Cc1ccccc1S(=O)(=O)O. The van der Waals surface area contributed by atoms with Gasteiger partial charge in [-0.25, -0.2) is 9.97 Å². The lowest BCUT2D eigenvalue weighted by molar-refractivity contribution is 0.102. The first-order valence-electron chi connectivity index (χ1n) is 17.5. The van der Waals surface area contributed by atoms with Gasteiger partial charge in [0.25, 0.3) is 26.1 Å². The van der Waals surface area contributed by atoms with Crippen molar-refractivity contribution in [2.24, 2.45) is 0 Å². The van der Waals surface area contributed by atoms with Gasteiger partial charge >= 0.3 is 0 Å². The summed E-state index contributed by atoms with van der Waals surface area (Å²) in [7, 11) is -6.93. The molecule has 0 radical (unpaired) electrons. The minimum atomic E-state index is -4.55. The molecule has 0 bridgehead atoms. The third-order valence-electron chi connectivity index (χ3n) is 9.10. The third kappa shape index (κ3) is 8.85.